The van der Waals surface area contributed by atoms with E-state index in [4.69, 9.17) is 5.21 Å². The molecule has 0 aliphatic heterocycles. The molecule has 0 radical (unpaired) electrons. The summed E-state index contributed by atoms with van der Waals surface area (Å²) in [6, 6.07) is 4.70. The molecule has 0 aromatic heterocycles. The lowest BCUT2D eigenvalue weighted by Crippen LogP contribution is -2.26. The Kier molecular flexibility index (Phi) is 4.33. The number of esters is 1. The number of hydrogen-bond acceptors (Lipinski definition) is 5. The number of hydrogen-bond donors (Lipinski definition) is 1. The summed E-state index contributed by atoms with van der Waals surface area (Å²) in [6.45, 7) is 1.58. The third kappa shape index (κ3) is 3.10. The Morgan fingerprint density at radius 2 is 2.18 bits per heavy atom. The monoisotopic (exact) mass is 239 g/mol. The molecule has 5 nitrogen and oxygen atoms in total. The molecule has 1 aromatic carbocycles. The number of carbonyl (C=O) groups is 2. The zero-order chi connectivity index (χ0) is 12.8. The summed E-state index contributed by atoms with van der Waals surface area (Å²) < 4.78 is 17.4. The number of halogens is 1. The van der Waals surface area contributed by atoms with Crippen LogP contribution in [0.1, 0.15) is 17.3 Å². The van der Waals surface area contributed by atoms with Crippen LogP contribution >= 0.6 is 0 Å². The van der Waals surface area contributed by atoms with Gasteiger partial charge in [-0.3, -0.25) is 4.79 Å². The average molecular weight is 239 g/mol. The molecule has 90 valence electrons. The van der Waals surface area contributed by atoms with Gasteiger partial charge in [0.15, 0.2) is 0 Å². The first-order valence-corrected chi connectivity index (χ1v) is 4.79. The van der Waals surface area contributed by atoms with Crippen molar-refractivity contribution in [2.45, 2.75) is 6.92 Å². The predicted molar refractivity (Wildman–Crippen MR) is 56.6 cm³/mol. The molecule has 0 heterocycles. The van der Waals surface area contributed by atoms with E-state index in [0.29, 0.717) is 0 Å². The highest BCUT2D eigenvalue weighted by atomic mass is 19.1. The van der Waals surface area contributed by atoms with Gasteiger partial charge in [0.2, 0.25) is 11.5 Å². The molecular weight excluding hydrogens is 229 g/mol. The van der Waals surface area contributed by atoms with Crippen LogP contribution in [0.5, 0.6) is 0 Å². The Morgan fingerprint density at radius 3 is 2.71 bits per heavy atom. The molecule has 17 heavy (non-hydrogen) atoms. The number of benzene rings is 1. The molecule has 6 heteroatoms. The van der Waals surface area contributed by atoms with Crippen LogP contribution in [0.4, 0.5) is 4.39 Å². The van der Waals surface area contributed by atoms with E-state index in [2.05, 4.69) is 9.89 Å². The minimum Gasteiger partial charge on any atom is -0.461 e. The van der Waals surface area contributed by atoms with Crippen molar-refractivity contribution in [2.24, 2.45) is 5.16 Å². The van der Waals surface area contributed by atoms with Crippen LogP contribution in [0.3, 0.4) is 0 Å². The van der Waals surface area contributed by atoms with Crippen LogP contribution in [0, 0.1) is 5.82 Å². The Bertz CT molecular complexity index is 470. The molecular formula is C11H10FNO4. The standard InChI is InChI=1S/C11H10FNO4/c1-2-17-11(15)9(13-16)10(14)7-4-3-5-8(12)6-7/h3-6,16H,2H2,1H3. The molecule has 1 aromatic rings. The maximum Gasteiger partial charge on any atom is 0.364 e. The minimum atomic E-state index is -1.05. The number of ketones is 1. The highest BCUT2D eigenvalue weighted by Gasteiger charge is 2.24. The molecule has 1 rings (SSSR count). The van der Waals surface area contributed by atoms with E-state index in [1.54, 1.807) is 6.92 Å². The highest BCUT2D eigenvalue weighted by Crippen LogP contribution is 2.06. The summed E-state index contributed by atoms with van der Waals surface area (Å²) in [5.41, 5.74) is -0.872. The van der Waals surface area contributed by atoms with Gasteiger partial charge in [-0.25, -0.2) is 9.18 Å². The van der Waals surface area contributed by atoms with Gasteiger partial charge < -0.3 is 9.94 Å². The van der Waals surface area contributed by atoms with E-state index in [-0.39, 0.29) is 12.2 Å². The van der Waals surface area contributed by atoms with E-state index in [1.807, 2.05) is 0 Å². The summed E-state index contributed by atoms with van der Waals surface area (Å²) >= 11 is 0. The highest BCUT2D eigenvalue weighted by molar-refractivity contribution is 6.67. The Balaban J connectivity index is 2.99. The van der Waals surface area contributed by atoms with E-state index in [0.717, 1.165) is 12.1 Å². The fraction of sp³-hybridized carbons (Fsp3) is 0.182. The second-order valence-corrected chi connectivity index (χ2v) is 3.01. The van der Waals surface area contributed by atoms with E-state index >= 15 is 0 Å². The SMILES string of the molecule is CCOC(=O)C(=NO)C(=O)c1cccc(F)c1. The smallest absolute Gasteiger partial charge is 0.364 e. The lowest BCUT2D eigenvalue weighted by Gasteiger charge is -2.03. The summed E-state index contributed by atoms with van der Waals surface area (Å²) in [5, 5.41) is 11.2. The molecule has 0 amide bonds. The summed E-state index contributed by atoms with van der Waals surface area (Å²) in [4.78, 5) is 22.9. The largest absolute Gasteiger partial charge is 0.461 e. The van der Waals surface area contributed by atoms with Crippen molar-refractivity contribution in [1.29, 1.82) is 0 Å². The predicted octanol–water partition coefficient (Wildman–Crippen LogP) is 1.40. The lowest BCUT2D eigenvalue weighted by atomic mass is 10.1. The third-order valence-corrected chi connectivity index (χ3v) is 1.87. The van der Waals surface area contributed by atoms with Crippen molar-refractivity contribution in [3.63, 3.8) is 0 Å². The summed E-state index contributed by atoms with van der Waals surface area (Å²) in [7, 11) is 0. The topological polar surface area (TPSA) is 76.0 Å². The molecule has 0 unspecified atom stereocenters. The fourth-order valence-corrected chi connectivity index (χ4v) is 1.14. The van der Waals surface area contributed by atoms with Gasteiger partial charge in [0, 0.05) is 5.56 Å². The molecule has 0 fully saturated rings. The molecule has 0 bridgehead atoms. The Morgan fingerprint density at radius 1 is 1.47 bits per heavy atom. The Labute approximate surface area is 96.5 Å². The van der Waals surface area contributed by atoms with Gasteiger partial charge in [0.1, 0.15) is 5.82 Å². The molecule has 1 N–H and O–H groups in total. The van der Waals surface area contributed by atoms with Crippen molar-refractivity contribution in [2.75, 3.05) is 6.61 Å². The fourth-order valence-electron chi connectivity index (χ4n) is 1.14. The molecule has 0 saturated carbocycles. The van der Waals surface area contributed by atoms with Gasteiger partial charge in [-0.2, -0.15) is 0 Å². The van der Waals surface area contributed by atoms with Crippen LogP contribution in [0.15, 0.2) is 29.4 Å². The minimum absolute atomic E-state index is 0.0360. The van der Waals surface area contributed by atoms with Crippen LogP contribution in [-0.2, 0) is 9.53 Å². The van der Waals surface area contributed by atoms with E-state index in [9.17, 15) is 14.0 Å². The van der Waals surface area contributed by atoms with Gasteiger partial charge in [-0.15, -0.1) is 0 Å². The normalized spacial score (nSPS) is 11.1. The van der Waals surface area contributed by atoms with E-state index in [1.165, 1.54) is 12.1 Å². The second kappa shape index (κ2) is 5.74. The molecule has 0 saturated heterocycles. The first-order valence-electron chi connectivity index (χ1n) is 4.79. The quantitative estimate of drug-likeness (QED) is 0.215. The number of nitrogens with zero attached hydrogens (tertiary/aromatic N) is 1. The maximum absolute atomic E-state index is 12.9. The zero-order valence-corrected chi connectivity index (χ0v) is 9.01. The number of oxime groups is 1. The Hall–Kier alpha value is -2.24. The molecule has 0 aliphatic carbocycles. The van der Waals surface area contributed by atoms with Gasteiger partial charge in [-0.1, -0.05) is 17.3 Å². The van der Waals surface area contributed by atoms with Gasteiger partial charge >= 0.3 is 5.97 Å². The van der Waals surface area contributed by atoms with Gasteiger partial charge in [0.05, 0.1) is 6.61 Å². The maximum atomic E-state index is 12.9. The molecule has 0 spiro atoms. The lowest BCUT2D eigenvalue weighted by molar-refractivity contribution is -0.135. The van der Waals surface area contributed by atoms with Gasteiger partial charge in [-0.05, 0) is 19.1 Å². The number of carbonyl (C=O) groups excluding carboxylic acids is 2. The van der Waals surface area contributed by atoms with Crippen LogP contribution in [0.25, 0.3) is 0 Å². The van der Waals surface area contributed by atoms with Crippen molar-refractivity contribution >= 4 is 17.5 Å². The zero-order valence-electron chi connectivity index (χ0n) is 9.01. The summed E-state index contributed by atoms with van der Waals surface area (Å²) in [6.07, 6.45) is 0. The first-order chi connectivity index (χ1) is 8.10. The second-order valence-electron chi connectivity index (χ2n) is 3.01. The molecule has 0 aliphatic rings. The third-order valence-electron chi connectivity index (χ3n) is 1.87. The van der Waals surface area contributed by atoms with Crippen molar-refractivity contribution < 1.29 is 23.9 Å². The van der Waals surface area contributed by atoms with Gasteiger partial charge in [0.25, 0.3) is 0 Å². The summed E-state index contributed by atoms with van der Waals surface area (Å²) in [5.74, 6) is -2.58. The van der Waals surface area contributed by atoms with E-state index < -0.39 is 23.3 Å². The number of ether oxygens (including phenoxy) is 1. The van der Waals surface area contributed by atoms with Crippen molar-refractivity contribution in [3.05, 3.63) is 35.6 Å². The van der Waals surface area contributed by atoms with Crippen molar-refractivity contribution in [1.82, 2.24) is 0 Å². The number of Topliss-reactive ketones (excluding diaryl/α,β-unsaturated/α-hetero) is 1. The van der Waals surface area contributed by atoms with Crippen LogP contribution in [0.2, 0.25) is 0 Å². The number of rotatable bonds is 4. The van der Waals surface area contributed by atoms with Crippen molar-refractivity contribution in [3.8, 4) is 0 Å². The molecule has 0 atom stereocenters. The van der Waals surface area contributed by atoms with Crippen LogP contribution < -0.4 is 0 Å². The first kappa shape index (κ1) is 12.8. The van der Waals surface area contributed by atoms with Crippen LogP contribution in [-0.4, -0.2) is 29.3 Å². The average Bonchev–Trinajstić information content (AvgIpc) is 2.30.